The molecule has 0 bridgehead atoms. The van der Waals surface area contributed by atoms with E-state index >= 15 is 0 Å². The predicted octanol–water partition coefficient (Wildman–Crippen LogP) is 2.94. The monoisotopic (exact) mass is 254 g/mol. The zero-order chi connectivity index (χ0) is 11.9. The Morgan fingerprint density at radius 3 is 2.59 bits per heavy atom. The lowest BCUT2D eigenvalue weighted by atomic mass is 10.3. The summed E-state index contributed by atoms with van der Waals surface area (Å²) in [5, 5.41) is 0. The molecule has 0 radical (unpaired) electrons. The molecule has 3 nitrogen and oxygen atoms in total. The average molecular weight is 254 g/mol. The van der Waals surface area contributed by atoms with Crippen LogP contribution in [0.4, 0.5) is 0 Å². The molecule has 0 atom stereocenters. The highest BCUT2D eigenvalue weighted by Gasteiger charge is 2.13. The number of thioether (sulfide) groups is 1. The number of benzene rings is 1. The summed E-state index contributed by atoms with van der Waals surface area (Å²) >= 11 is 1.82. The van der Waals surface area contributed by atoms with E-state index in [0.29, 0.717) is 0 Å². The summed E-state index contributed by atoms with van der Waals surface area (Å²) in [4.78, 5) is 1.25. The van der Waals surface area contributed by atoms with Crippen molar-refractivity contribution < 1.29 is 14.2 Å². The van der Waals surface area contributed by atoms with Gasteiger partial charge in [-0.25, -0.2) is 0 Å². The number of hydrogen-bond acceptors (Lipinski definition) is 4. The molecule has 1 heterocycles. The molecule has 0 spiro atoms. The SMILES string of the molecule is COc1ccc(SCCC2OCCCO2)cc1. The lowest BCUT2D eigenvalue weighted by Gasteiger charge is -2.22. The van der Waals surface area contributed by atoms with Gasteiger partial charge in [-0.3, -0.25) is 0 Å². The maximum atomic E-state index is 5.50. The summed E-state index contributed by atoms with van der Waals surface area (Å²) in [6.07, 6.45) is 1.95. The van der Waals surface area contributed by atoms with Gasteiger partial charge in [-0.1, -0.05) is 0 Å². The van der Waals surface area contributed by atoms with E-state index in [2.05, 4.69) is 12.1 Å². The molecule has 0 amide bonds. The summed E-state index contributed by atoms with van der Waals surface area (Å²) in [6.45, 7) is 1.66. The van der Waals surface area contributed by atoms with Gasteiger partial charge in [0, 0.05) is 17.1 Å². The Bertz CT molecular complexity index is 320. The van der Waals surface area contributed by atoms with E-state index in [1.807, 2.05) is 23.9 Å². The van der Waals surface area contributed by atoms with E-state index in [4.69, 9.17) is 14.2 Å². The summed E-state index contributed by atoms with van der Waals surface area (Å²) < 4.78 is 16.1. The summed E-state index contributed by atoms with van der Waals surface area (Å²) in [7, 11) is 1.68. The molecule has 1 aliphatic rings. The minimum Gasteiger partial charge on any atom is -0.497 e. The molecule has 0 N–H and O–H groups in total. The van der Waals surface area contributed by atoms with Gasteiger partial charge in [0.25, 0.3) is 0 Å². The van der Waals surface area contributed by atoms with E-state index < -0.39 is 0 Å². The first-order valence-corrected chi connectivity index (χ1v) is 6.87. The first-order chi connectivity index (χ1) is 8.38. The van der Waals surface area contributed by atoms with Crippen LogP contribution in [-0.2, 0) is 9.47 Å². The minimum absolute atomic E-state index is 0.00509. The highest BCUT2D eigenvalue weighted by molar-refractivity contribution is 7.99. The largest absolute Gasteiger partial charge is 0.497 e. The second kappa shape index (κ2) is 6.89. The fourth-order valence-corrected chi connectivity index (χ4v) is 2.52. The maximum absolute atomic E-state index is 5.50. The fourth-order valence-electron chi connectivity index (χ4n) is 1.65. The van der Waals surface area contributed by atoms with Crippen molar-refractivity contribution in [2.24, 2.45) is 0 Å². The molecule has 1 aromatic rings. The van der Waals surface area contributed by atoms with Crippen molar-refractivity contribution in [1.29, 1.82) is 0 Å². The van der Waals surface area contributed by atoms with Crippen LogP contribution in [0.25, 0.3) is 0 Å². The quantitative estimate of drug-likeness (QED) is 0.755. The van der Waals surface area contributed by atoms with Crippen LogP contribution in [0.15, 0.2) is 29.2 Å². The second-order valence-corrected chi connectivity index (χ2v) is 5.01. The molecule has 1 aromatic carbocycles. The molecule has 4 heteroatoms. The lowest BCUT2D eigenvalue weighted by Crippen LogP contribution is -2.25. The van der Waals surface area contributed by atoms with Crippen LogP contribution in [-0.4, -0.2) is 32.4 Å². The smallest absolute Gasteiger partial charge is 0.158 e. The van der Waals surface area contributed by atoms with Crippen molar-refractivity contribution in [2.75, 3.05) is 26.1 Å². The lowest BCUT2D eigenvalue weighted by molar-refractivity contribution is -0.178. The number of hydrogen-bond donors (Lipinski definition) is 0. The third kappa shape index (κ3) is 4.22. The molecule has 0 aliphatic carbocycles. The van der Waals surface area contributed by atoms with Crippen LogP contribution in [0.3, 0.4) is 0 Å². The maximum Gasteiger partial charge on any atom is 0.158 e. The standard InChI is InChI=1S/C13H18O3S/c1-14-11-3-5-12(6-4-11)17-10-7-13-15-8-2-9-16-13/h3-6,13H,2,7-10H2,1H3. The van der Waals surface area contributed by atoms with E-state index in [1.165, 1.54) is 4.90 Å². The van der Waals surface area contributed by atoms with Gasteiger partial charge in [-0.2, -0.15) is 0 Å². The summed E-state index contributed by atoms with van der Waals surface area (Å²) in [6, 6.07) is 8.12. The van der Waals surface area contributed by atoms with Crippen molar-refractivity contribution in [3.8, 4) is 5.75 Å². The van der Waals surface area contributed by atoms with Crippen LogP contribution >= 0.6 is 11.8 Å². The molecule has 17 heavy (non-hydrogen) atoms. The molecule has 1 fully saturated rings. The molecule has 0 saturated carbocycles. The van der Waals surface area contributed by atoms with E-state index in [9.17, 15) is 0 Å². The highest BCUT2D eigenvalue weighted by Crippen LogP contribution is 2.23. The number of ether oxygens (including phenoxy) is 3. The molecular weight excluding hydrogens is 236 g/mol. The first kappa shape index (κ1) is 12.7. The Kier molecular flexibility index (Phi) is 5.16. The second-order valence-electron chi connectivity index (χ2n) is 3.84. The van der Waals surface area contributed by atoms with Crippen LogP contribution < -0.4 is 4.74 Å². The Hall–Kier alpha value is -0.710. The van der Waals surface area contributed by atoms with Gasteiger partial charge < -0.3 is 14.2 Å². The van der Waals surface area contributed by atoms with Crippen molar-refractivity contribution >= 4 is 11.8 Å². The van der Waals surface area contributed by atoms with E-state index in [1.54, 1.807) is 7.11 Å². The van der Waals surface area contributed by atoms with Crippen molar-refractivity contribution in [3.05, 3.63) is 24.3 Å². The van der Waals surface area contributed by atoms with Crippen LogP contribution in [0.1, 0.15) is 12.8 Å². The Balaban J connectivity index is 1.69. The van der Waals surface area contributed by atoms with Crippen LogP contribution in [0.2, 0.25) is 0 Å². The molecule has 0 aromatic heterocycles. The van der Waals surface area contributed by atoms with Crippen LogP contribution in [0, 0.1) is 0 Å². The van der Waals surface area contributed by atoms with Crippen molar-refractivity contribution in [3.63, 3.8) is 0 Å². The predicted molar refractivity (Wildman–Crippen MR) is 68.6 cm³/mol. The molecule has 94 valence electrons. The molecule has 1 saturated heterocycles. The zero-order valence-corrected chi connectivity index (χ0v) is 10.9. The number of rotatable bonds is 5. The average Bonchev–Trinajstić information content (AvgIpc) is 2.41. The summed E-state index contributed by atoms with van der Waals surface area (Å²) in [5.74, 6) is 1.91. The van der Waals surface area contributed by atoms with E-state index in [0.717, 1.165) is 37.6 Å². The Labute approximate surface area is 106 Å². The first-order valence-electron chi connectivity index (χ1n) is 5.88. The van der Waals surface area contributed by atoms with Crippen molar-refractivity contribution in [1.82, 2.24) is 0 Å². The highest BCUT2D eigenvalue weighted by atomic mass is 32.2. The zero-order valence-electron chi connectivity index (χ0n) is 10.1. The van der Waals surface area contributed by atoms with Gasteiger partial charge in [0.2, 0.25) is 0 Å². The fraction of sp³-hybridized carbons (Fsp3) is 0.538. The third-order valence-electron chi connectivity index (χ3n) is 2.58. The van der Waals surface area contributed by atoms with Gasteiger partial charge in [0.15, 0.2) is 6.29 Å². The Morgan fingerprint density at radius 2 is 1.94 bits per heavy atom. The van der Waals surface area contributed by atoms with Gasteiger partial charge in [0.1, 0.15) is 5.75 Å². The topological polar surface area (TPSA) is 27.7 Å². The normalized spacial score (nSPS) is 17.0. The van der Waals surface area contributed by atoms with Gasteiger partial charge >= 0.3 is 0 Å². The Morgan fingerprint density at radius 1 is 1.24 bits per heavy atom. The molecular formula is C13H18O3S. The van der Waals surface area contributed by atoms with Crippen LogP contribution in [0.5, 0.6) is 5.75 Å². The minimum atomic E-state index is -0.00509. The molecule has 1 aliphatic heterocycles. The van der Waals surface area contributed by atoms with Crippen molar-refractivity contribution in [2.45, 2.75) is 24.0 Å². The summed E-state index contributed by atoms with van der Waals surface area (Å²) in [5.41, 5.74) is 0. The van der Waals surface area contributed by atoms with Gasteiger partial charge in [0.05, 0.1) is 20.3 Å². The molecule has 0 unspecified atom stereocenters. The van der Waals surface area contributed by atoms with E-state index in [-0.39, 0.29) is 6.29 Å². The molecule has 2 rings (SSSR count). The van der Waals surface area contributed by atoms with Gasteiger partial charge in [-0.05, 0) is 30.7 Å². The third-order valence-corrected chi connectivity index (χ3v) is 3.62. The number of methoxy groups -OCH3 is 1. The van der Waals surface area contributed by atoms with Gasteiger partial charge in [-0.15, -0.1) is 11.8 Å².